The fraction of sp³-hybridized carbons (Fsp3) is 0.458. The monoisotopic (exact) mass is 481 g/mol. The van der Waals surface area contributed by atoms with Crippen LogP contribution in [0.2, 0.25) is 0 Å². The summed E-state index contributed by atoms with van der Waals surface area (Å²) in [5.41, 5.74) is 9.09. The van der Waals surface area contributed by atoms with Crippen molar-refractivity contribution >= 4 is 11.6 Å². The van der Waals surface area contributed by atoms with Crippen LogP contribution >= 0.6 is 0 Å². The number of hydrogen-bond acceptors (Lipinski definition) is 6. The van der Waals surface area contributed by atoms with E-state index in [9.17, 15) is 18.0 Å². The zero-order chi connectivity index (χ0) is 24.6. The Kier molecular flexibility index (Phi) is 9.00. The van der Waals surface area contributed by atoms with Crippen LogP contribution in [0, 0.1) is 0 Å². The van der Waals surface area contributed by atoms with Gasteiger partial charge in [0.15, 0.2) is 18.1 Å². The predicted molar refractivity (Wildman–Crippen MR) is 123 cm³/mol. The first-order chi connectivity index (χ1) is 16.3. The largest absolute Gasteiger partial charge is 0.488 e. The fourth-order valence-corrected chi connectivity index (χ4v) is 3.95. The second-order valence-electron chi connectivity index (χ2n) is 8.03. The molecule has 0 bridgehead atoms. The first-order valence-corrected chi connectivity index (χ1v) is 11.2. The number of aliphatic hydroxyl groups excluding tert-OH is 1. The van der Waals surface area contributed by atoms with Crippen LogP contribution in [0.3, 0.4) is 0 Å². The Morgan fingerprint density at radius 3 is 2.56 bits per heavy atom. The summed E-state index contributed by atoms with van der Waals surface area (Å²) in [4.78, 5) is 14.2. The highest BCUT2D eigenvalue weighted by Gasteiger charge is 2.29. The van der Waals surface area contributed by atoms with Gasteiger partial charge >= 0.3 is 6.18 Å². The molecule has 2 aromatic carbocycles. The van der Waals surface area contributed by atoms with E-state index in [-0.39, 0.29) is 24.7 Å². The molecule has 0 aromatic heterocycles. The molecule has 1 heterocycles. The Morgan fingerprint density at radius 2 is 1.88 bits per heavy atom. The third kappa shape index (κ3) is 7.26. The van der Waals surface area contributed by atoms with Crippen LogP contribution in [-0.4, -0.2) is 63.2 Å². The molecule has 10 heteroatoms. The molecule has 186 valence electrons. The van der Waals surface area contributed by atoms with Gasteiger partial charge < -0.3 is 30.5 Å². The van der Waals surface area contributed by atoms with Crippen molar-refractivity contribution in [3.8, 4) is 11.5 Å². The van der Waals surface area contributed by atoms with E-state index < -0.39 is 18.7 Å². The normalized spacial score (nSPS) is 13.1. The second-order valence-corrected chi connectivity index (χ2v) is 8.03. The number of nitrogens with zero attached hydrogens (tertiary/aromatic N) is 1. The summed E-state index contributed by atoms with van der Waals surface area (Å²) in [6, 6.07) is 10.2. The molecule has 0 spiro atoms. The number of para-hydroxylation sites is 2. The average molecular weight is 482 g/mol. The Balaban J connectivity index is 1.48. The van der Waals surface area contributed by atoms with Crippen molar-refractivity contribution in [2.45, 2.75) is 25.4 Å². The van der Waals surface area contributed by atoms with Crippen LogP contribution in [0.4, 0.5) is 18.9 Å². The van der Waals surface area contributed by atoms with Gasteiger partial charge in [0, 0.05) is 26.2 Å². The number of primary amides is 1. The summed E-state index contributed by atoms with van der Waals surface area (Å²) >= 11 is 0. The topological polar surface area (TPSA) is 97.1 Å². The smallest absolute Gasteiger partial charge is 0.422 e. The van der Waals surface area contributed by atoms with Crippen molar-refractivity contribution in [2.24, 2.45) is 5.73 Å². The molecule has 0 aliphatic carbocycles. The van der Waals surface area contributed by atoms with Crippen LogP contribution in [0.15, 0.2) is 36.4 Å². The highest BCUT2D eigenvalue weighted by molar-refractivity contribution is 6.00. The van der Waals surface area contributed by atoms with E-state index in [0.29, 0.717) is 38.0 Å². The number of rotatable bonds is 13. The first kappa shape index (κ1) is 25.6. The molecular weight excluding hydrogens is 451 g/mol. The zero-order valence-corrected chi connectivity index (χ0v) is 18.9. The highest BCUT2D eigenvalue weighted by atomic mass is 19.4. The van der Waals surface area contributed by atoms with E-state index in [0.717, 1.165) is 29.8 Å². The van der Waals surface area contributed by atoms with Gasteiger partial charge in [0.05, 0.1) is 11.3 Å². The summed E-state index contributed by atoms with van der Waals surface area (Å²) in [5, 5.41) is 12.3. The maximum absolute atomic E-state index is 12.4. The van der Waals surface area contributed by atoms with E-state index >= 15 is 0 Å². The van der Waals surface area contributed by atoms with Gasteiger partial charge in [0.1, 0.15) is 6.61 Å². The molecule has 0 atom stereocenters. The summed E-state index contributed by atoms with van der Waals surface area (Å²) in [5.74, 6) is -0.171. The Hall–Kier alpha value is -2.98. The molecule has 7 nitrogen and oxygen atoms in total. The fourth-order valence-electron chi connectivity index (χ4n) is 3.95. The Morgan fingerprint density at radius 1 is 1.15 bits per heavy atom. The van der Waals surface area contributed by atoms with E-state index in [1.807, 2.05) is 6.07 Å². The molecule has 0 saturated carbocycles. The molecule has 0 unspecified atom stereocenters. The molecule has 1 aliphatic rings. The van der Waals surface area contributed by atoms with Crippen LogP contribution in [0.1, 0.15) is 27.9 Å². The average Bonchev–Trinajstić information content (AvgIpc) is 3.20. The van der Waals surface area contributed by atoms with Crippen molar-refractivity contribution in [3.05, 3.63) is 53.1 Å². The van der Waals surface area contributed by atoms with Crippen LogP contribution in [0.5, 0.6) is 11.5 Å². The quantitative estimate of drug-likeness (QED) is 0.381. The van der Waals surface area contributed by atoms with Gasteiger partial charge in [0.2, 0.25) is 0 Å². The molecule has 0 saturated heterocycles. The summed E-state index contributed by atoms with van der Waals surface area (Å²) in [7, 11) is 0. The lowest BCUT2D eigenvalue weighted by molar-refractivity contribution is -0.153. The van der Waals surface area contributed by atoms with E-state index in [2.05, 4.69) is 16.3 Å². The SMILES string of the molecule is NC(=O)c1cc(CCNCCOc2ccccc2OCC(F)(F)F)cc2c1N(CCCO)CC2. The number of carbonyl (C=O) groups is 1. The lowest BCUT2D eigenvalue weighted by Crippen LogP contribution is -2.26. The first-order valence-electron chi connectivity index (χ1n) is 11.2. The van der Waals surface area contributed by atoms with Crippen LogP contribution < -0.4 is 25.4 Å². The van der Waals surface area contributed by atoms with E-state index in [4.69, 9.17) is 20.3 Å². The van der Waals surface area contributed by atoms with Gasteiger partial charge in [-0.1, -0.05) is 18.2 Å². The number of ether oxygens (including phenoxy) is 2. The standard InChI is InChI=1S/C24H30F3N3O4/c25-24(26,27)16-34-21-5-2-1-4-20(21)33-13-9-29-8-6-17-14-18-7-11-30(10-3-12-31)22(18)19(15-17)23(28)32/h1-2,4-5,14-15,29,31H,3,6-13,16H2,(H2,28,32). The number of alkyl halides is 3. The lowest BCUT2D eigenvalue weighted by Gasteiger charge is -2.21. The number of aliphatic hydroxyl groups is 1. The minimum atomic E-state index is -4.42. The summed E-state index contributed by atoms with van der Waals surface area (Å²) in [6.45, 7) is 1.55. The number of fused-ring (bicyclic) bond motifs is 1. The Labute approximate surface area is 196 Å². The van der Waals surface area contributed by atoms with Crippen molar-refractivity contribution < 1.29 is 32.5 Å². The van der Waals surface area contributed by atoms with Crippen molar-refractivity contribution in [3.63, 3.8) is 0 Å². The number of carbonyl (C=O) groups excluding carboxylic acids is 1. The number of amides is 1. The van der Waals surface area contributed by atoms with Crippen molar-refractivity contribution in [2.75, 3.05) is 50.9 Å². The molecule has 34 heavy (non-hydrogen) atoms. The molecule has 2 aromatic rings. The summed E-state index contributed by atoms with van der Waals surface area (Å²) in [6.07, 6.45) is -2.29. The van der Waals surface area contributed by atoms with Gasteiger partial charge in [-0.15, -0.1) is 0 Å². The summed E-state index contributed by atoms with van der Waals surface area (Å²) < 4.78 is 47.6. The molecule has 1 aliphatic heterocycles. The van der Waals surface area contributed by atoms with Gasteiger partial charge in [-0.3, -0.25) is 4.79 Å². The molecular formula is C24H30F3N3O4. The van der Waals surface area contributed by atoms with Gasteiger partial charge in [-0.2, -0.15) is 13.2 Å². The minimum absolute atomic E-state index is 0.0463. The number of nitrogens with one attached hydrogen (secondary N) is 1. The Bertz CT molecular complexity index is 969. The maximum Gasteiger partial charge on any atom is 0.422 e. The third-order valence-electron chi connectivity index (χ3n) is 5.43. The maximum atomic E-state index is 12.4. The van der Waals surface area contributed by atoms with Gasteiger partial charge in [-0.05, 0) is 55.1 Å². The van der Waals surface area contributed by atoms with E-state index in [1.165, 1.54) is 6.07 Å². The van der Waals surface area contributed by atoms with Crippen LogP contribution in [-0.2, 0) is 12.8 Å². The van der Waals surface area contributed by atoms with Crippen molar-refractivity contribution in [1.29, 1.82) is 0 Å². The van der Waals surface area contributed by atoms with Gasteiger partial charge in [-0.25, -0.2) is 0 Å². The number of benzene rings is 2. The van der Waals surface area contributed by atoms with Crippen molar-refractivity contribution in [1.82, 2.24) is 5.32 Å². The zero-order valence-electron chi connectivity index (χ0n) is 18.9. The molecule has 4 N–H and O–H groups in total. The second kappa shape index (κ2) is 11.9. The number of halogens is 3. The third-order valence-corrected chi connectivity index (χ3v) is 5.43. The predicted octanol–water partition coefficient (Wildman–Crippen LogP) is 2.68. The number of hydrogen-bond donors (Lipinski definition) is 3. The lowest BCUT2D eigenvalue weighted by atomic mass is 10.00. The molecule has 1 amide bonds. The highest BCUT2D eigenvalue weighted by Crippen LogP contribution is 2.33. The van der Waals surface area contributed by atoms with Gasteiger partial charge in [0.25, 0.3) is 5.91 Å². The molecule has 0 fully saturated rings. The minimum Gasteiger partial charge on any atom is -0.488 e. The molecule has 0 radical (unpaired) electrons. The van der Waals surface area contributed by atoms with E-state index in [1.54, 1.807) is 18.2 Å². The van der Waals surface area contributed by atoms with Crippen LogP contribution in [0.25, 0.3) is 0 Å². The number of nitrogens with two attached hydrogens (primary N) is 1. The molecule has 3 rings (SSSR count). The number of anilines is 1.